The zero-order valence-electron chi connectivity index (χ0n) is 12.3. The fourth-order valence-corrected chi connectivity index (χ4v) is 1.89. The monoisotopic (exact) mass is 320 g/mol. The first-order valence-electron chi connectivity index (χ1n) is 6.66. The standard InChI is InChI=1S/C16H17ClN2O3/c1-10(22-13-6-4-12(21-2)5-7-13)16(20)19-11-3-8-14(17)15(18)9-11/h3-10H,18H2,1-2H3,(H,19,20)/t10-/m0/s1. The summed E-state index contributed by atoms with van der Waals surface area (Å²) in [5, 5.41) is 3.17. The lowest BCUT2D eigenvalue weighted by Crippen LogP contribution is -2.30. The van der Waals surface area contributed by atoms with E-state index in [-0.39, 0.29) is 5.91 Å². The molecule has 0 heterocycles. The number of nitrogens with two attached hydrogens (primary N) is 1. The number of ether oxygens (including phenoxy) is 2. The van der Waals surface area contributed by atoms with Crippen LogP contribution in [0, 0.1) is 0 Å². The van der Waals surface area contributed by atoms with Crippen LogP contribution in [0.2, 0.25) is 5.02 Å². The van der Waals surface area contributed by atoms with Gasteiger partial charge in [0, 0.05) is 5.69 Å². The highest BCUT2D eigenvalue weighted by Crippen LogP contribution is 2.23. The summed E-state index contributed by atoms with van der Waals surface area (Å²) < 4.78 is 10.6. The molecule has 0 radical (unpaired) electrons. The van der Waals surface area contributed by atoms with Gasteiger partial charge in [0.1, 0.15) is 11.5 Å². The first kappa shape index (κ1) is 16.0. The number of rotatable bonds is 5. The van der Waals surface area contributed by atoms with Crippen LogP contribution in [0.15, 0.2) is 42.5 Å². The molecule has 1 atom stereocenters. The third kappa shape index (κ3) is 4.05. The van der Waals surface area contributed by atoms with Gasteiger partial charge in [-0.3, -0.25) is 4.79 Å². The summed E-state index contributed by atoms with van der Waals surface area (Å²) in [6.45, 7) is 1.67. The summed E-state index contributed by atoms with van der Waals surface area (Å²) >= 11 is 5.84. The smallest absolute Gasteiger partial charge is 0.265 e. The summed E-state index contributed by atoms with van der Waals surface area (Å²) in [6, 6.07) is 11.9. The number of anilines is 2. The van der Waals surface area contributed by atoms with Gasteiger partial charge in [0.25, 0.3) is 5.91 Å². The van der Waals surface area contributed by atoms with Gasteiger partial charge in [-0.15, -0.1) is 0 Å². The molecule has 2 aromatic rings. The number of halogens is 1. The van der Waals surface area contributed by atoms with Gasteiger partial charge < -0.3 is 20.5 Å². The molecule has 6 heteroatoms. The van der Waals surface area contributed by atoms with Crippen molar-refractivity contribution in [2.75, 3.05) is 18.2 Å². The zero-order chi connectivity index (χ0) is 16.1. The SMILES string of the molecule is COc1ccc(O[C@@H](C)C(=O)Nc2ccc(Cl)c(N)c2)cc1. The van der Waals surface area contributed by atoms with E-state index in [0.29, 0.717) is 22.1 Å². The van der Waals surface area contributed by atoms with Crippen LogP contribution >= 0.6 is 11.6 Å². The second kappa shape index (κ2) is 7.04. The molecule has 0 aliphatic rings. The number of nitrogens with one attached hydrogen (secondary N) is 1. The third-order valence-electron chi connectivity index (χ3n) is 3.01. The number of hydrogen-bond donors (Lipinski definition) is 2. The van der Waals surface area contributed by atoms with E-state index in [4.69, 9.17) is 26.8 Å². The van der Waals surface area contributed by atoms with E-state index in [9.17, 15) is 4.79 Å². The van der Waals surface area contributed by atoms with Crippen LogP contribution in [-0.4, -0.2) is 19.1 Å². The van der Waals surface area contributed by atoms with Crippen molar-refractivity contribution in [1.29, 1.82) is 0 Å². The first-order chi connectivity index (χ1) is 10.5. The van der Waals surface area contributed by atoms with Crippen LogP contribution in [0.5, 0.6) is 11.5 Å². The Bertz CT molecular complexity index is 659. The number of hydrogen-bond acceptors (Lipinski definition) is 4. The Morgan fingerprint density at radius 1 is 1.18 bits per heavy atom. The normalized spacial score (nSPS) is 11.6. The second-order valence-corrected chi connectivity index (χ2v) is 5.07. The van der Waals surface area contributed by atoms with Crippen LogP contribution in [-0.2, 0) is 4.79 Å². The lowest BCUT2D eigenvalue weighted by Gasteiger charge is -2.15. The minimum Gasteiger partial charge on any atom is -0.497 e. The molecule has 0 spiro atoms. The van der Waals surface area contributed by atoms with Gasteiger partial charge in [-0.2, -0.15) is 0 Å². The van der Waals surface area contributed by atoms with Gasteiger partial charge >= 0.3 is 0 Å². The Morgan fingerprint density at radius 2 is 1.82 bits per heavy atom. The Hall–Kier alpha value is -2.40. The lowest BCUT2D eigenvalue weighted by molar-refractivity contribution is -0.122. The number of amides is 1. The highest BCUT2D eigenvalue weighted by atomic mass is 35.5. The first-order valence-corrected chi connectivity index (χ1v) is 7.04. The minimum absolute atomic E-state index is 0.280. The third-order valence-corrected chi connectivity index (χ3v) is 3.35. The molecule has 0 unspecified atom stereocenters. The van der Waals surface area contributed by atoms with Gasteiger partial charge in [0.05, 0.1) is 17.8 Å². The van der Waals surface area contributed by atoms with Crippen LogP contribution < -0.4 is 20.5 Å². The molecule has 0 fully saturated rings. The van der Waals surface area contributed by atoms with E-state index in [1.54, 1.807) is 56.5 Å². The van der Waals surface area contributed by atoms with E-state index in [2.05, 4.69) is 5.32 Å². The van der Waals surface area contributed by atoms with Crippen LogP contribution in [0.4, 0.5) is 11.4 Å². The molecular formula is C16H17ClN2O3. The zero-order valence-corrected chi connectivity index (χ0v) is 13.1. The van der Waals surface area contributed by atoms with Gasteiger partial charge in [-0.25, -0.2) is 0 Å². The van der Waals surface area contributed by atoms with Crippen molar-refractivity contribution in [2.24, 2.45) is 0 Å². The summed E-state index contributed by atoms with van der Waals surface area (Å²) in [4.78, 5) is 12.1. The molecule has 0 bridgehead atoms. The highest BCUT2D eigenvalue weighted by molar-refractivity contribution is 6.33. The maximum atomic E-state index is 12.1. The molecule has 5 nitrogen and oxygen atoms in total. The van der Waals surface area contributed by atoms with Crippen LogP contribution in [0.3, 0.4) is 0 Å². The molecular weight excluding hydrogens is 304 g/mol. The van der Waals surface area contributed by atoms with E-state index >= 15 is 0 Å². The van der Waals surface area contributed by atoms with Crippen molar-refractivity contribution in [2.45, 2.75) is 13.0 Å². The van der Waals surface area contributed by atoms with Crippen molar-refractivity contribution in [3.8, 4) is 11.5 Å². The molecule has 116 valence electrons. The number of carbonyl (C=O) groups excluding carboxylic acids is 1. The Balaban J connectivity index is 1.97. The van der Waals surface area contributed by atoms with Crippen LogP contribution in [0.25, 0.3) is 0 Å². The van der Waals surface area contributed by atoms with Crippen molar-refractivity contribution < 1.29 is 14.3 Å². The summed E-state index contributed by atoms with van der Waals surface area (Å²) in [6.07, 6.45) is -0.662. The van der Waals surface area contributed by atoms with Crippen LogP contribution in [0.1, 0.15) is 6.92 Å². The molecule has 0 aliphatic carbocycles. The number of methoxy groups -OCH3 is 1. The molecule has 2 rings (SSSR count). The second-order valence-electron chi connectivity index (χ2n) is 4.66. The molecule has 0 saturated heterocycles. The molecule has 0 aliphatic heterocycles. The predicted octanol–water partition coefficient (Wildman–Crippen LogP) is 3.34. The summed E-state index contributed by atoms with van der Waals surface area (Å²) in [5.74, 6) is 1.03. The largest absolute Gasteiger partial charge is 0.497 e. The maximum Gasteiger partial charge on any atom is 0.265 e. The molecule has 22 heavy (non-hydrogen) atoms. The van der Waals surface area contributed by atoms with Crippen molar-refractivity contribution in [3.05, 3.63) is 47.5 Å². The molecule has 0 aromatic heterocycles. The fourth-order valence-electron chi connectivity index (χ4n) is 1.78. The minimum atomic E-state index is -0.662. The molecule has 3 N–H and O–H groups in total. The summed E-state index contributed by atoms with van der Waals surface area (Å²) in [7, 11) is 1.59. The fraction of sp³-hybridized carbons (Fsp3) is 0.188. The average molecular weight is 321 g/mol. The number of nitrogen functional groups attached to an aromatic ring is 1. The average Bonchev–Trinajstić information content (AvgIpc) is 2.51. The number of carbonyl (C=O) groups is 1. The maximum absolute atomic E-state index is 12.1. The van der Waals surface area contributed by atoms with Crippen molar-refractivity contribution >= 4 is 28.9 Å². The molecule has 1 amide bonds. The number of benzene rings is 2. The van der Waals surface area contributed by atoms with Gasteiger partial charge in [-0.1, -0.05) is 11.6 Å². The van der Waals surface area contributed by atoms with Gasteiger partial charge in [0.2, 0.25) is 0 Å². The van der Waals surface area contributed by atoms with Crippen molar-refractivity contribution in [1.82, 2.24) is 0 Å². The lowest BCUT2D eigenvalue weighted by atomic mass is 10.2. The van der Waals surface area contributed by atoms with E-state index in [1.807, 2.05) is 0 Å². The topological polar surface area (TPSA) is 73.6 Å². The highest BCUT2D eigenvalue weighted by Gasteiger charge is 2.15. The Morgan fingerprint density at radius 3 is 2.41 bits per heavy atom. The predicted molar refractivity (Wildman–Crippen MR) is 87.6 cm³/mol. The molecule has 2 aromatic carbocycles. The quantitative estimate of drug-likeness (QED) is 0.829. The van der Waals surface area contributed by atoms with Crippen molar-refractivity contribution in [3.63, 3.8) is 0 Å². The van der Waals surface area contributed by atoms with E-state index < -0.39 is 6.10 Å². The van der Waals surface area contributed by atoms with Gasteiger partial charge in [-0.05, 0) is 49.4 Å². The summed E-state index contributed by atoms with van der Waals surface area (Å²) in [5.41, 5.74) is 6.67. The Kier molecular flexibility index (Phi) is 5.12. The van der Waals surface area contributed by atoms with E-state index in [0.717, 1.165) is 5.75 Å². The Labute approximate surface area is 134 Å². The van der Waals surface area contributed by atoms with Gasteiger partial charge in [0.15, 0.2) is 6.10 Å². The molecule has 0 saturated carbocycles. The van der Waals surface area contributed by atoms with E-state index in [1.165, 1.54) is 0 Å².